The molecule has 1 aromatic heterocycles. The van der Waals surface area contributed by atoms with Crippen LogP contribution in [0.1, 0.15) is 33.1 Å². The second-order valence-corrected chi connectivity index (χ2v) is 5.77. The highest BCUT2D eigenvalue weighted by Crippen LogP contribution is 2.31. The molecule has 1 heterocycles. The molecule has 3 atom stereocenters. The van der Waals surface area contributed by atoms with Gasteiger partial charge in [0, 0.05) is 6.04 Å². The van der Waals surface area contributed by atoms with Crippen molar-refractivity contribution in [2.24, 2.45) is 11.8 Å². The fraction of sp³-hybridized carbons (Fsp3) is 0.533. The van der Waals surface area contributed by atoms with Gasteiger partial charge in [-0.25, -0.2) is 0 Å². The van der Waals surface area contributed by atoms with Crippen LogP contribution in [0.2, 0.25) is 0 Å². The molecule has 0 radical (unpaired) electrons. The van der Waals surface area contributed by atoms with E-state index in [0.29, 0.717) is 12.0 Å². The minimum Gasteiger partial charge on any atom is -0.350 e. The Bertz CT molecular complexity index is 550. The van der Waals surface area contributed by atoms with Crippen LogP contribution in [0.5, 0.6) is 0 Å². The Kier molecular flexibility index (Phi) is 3.67. The first-order valence-corrected chi connectivity index (χ1v) is 7.36. The number of anilines is 1. The third-order valence-corrected chi connectivity index (χ3v) is 4.49. The summed E-state index contributed by atoms with van der Waals surface area (Å²) in [6.07, 6.45) is 3.78. The fourth-order valence-corrected chi connectivity index (χ4v) is 2.97. The summed E-state index contributed by atoms with van der Waals surface area (Å²) in [5.74, 6) is 2.13. The lowest BCUT2D eigenvalue weighted by molar-refractivity contribution is 0.252. The van der Waals surface area contributed by atoms with E-state index in [4.69, 9.17) is 0 Å². The summed E-state index contributed by atoms with van der Waals surface area (Å²) < 4.78 is 1.77. The maximum absolute atomic E-state index is 4.14. The normalized spacial score (nSPS) is 26.4. The van der Waals surface area contributed by atoms with E-state index < -0.39 is 0 Å². The summed E-state index contributed by atoms with van der Waals surface area (Å²) in [4.78, 5) is 0. The average Bonchev–Trinajstić information content (AvgIpc) is 2.93. The molecular formula is C15H21N5. The summed E-state index contributed by atoms with van der Waals surface area (Å²) in [5, 5.41) is 15.6. The van der Waals surface area contributed by atoms with Gasteiger partial charge in [-0.15, -0.1) is 0 Å². The number of aromatic nitrogens is 4. The SMILES string of the molecule is C[C@@H]1[C@@H](C)CCC[C@H]1Nc1nnnn1-c1ccccc1. The molecule has 1 aromatic carbocycles. The van der Waals surface area contributed by atoms with Gasteiger partial charge in [0.05, 0.1) is 5.69 Å². The lowest BCUT2D eigenvalue weighted by Gasteiger charge is -2.34. The van der Waals surface area contributed by atoms with E-state index in [0.717, 1.165) is 17.6 Å². The van der Waals surface area contributed by atoms with Crippen molar-refractivity contribution in [2.75, 3.05) is 5.32 Å². The lowest BCUT2D eigenvalue weighted by atomic mass is 9.78. The number of nitrogens with one attached hydrogen (secondary N) is 1. The molecule has 0 bridgehead atoms. The maximum atomic E-state index is 4.14. The molecule has 1 fully saturated rings. The third-order valence-electron chi connectivity index (χ3n) is 4.49. The van der Waals surface area contributed by atoms with Gasteiger partial charge in [-0.2, -0.15) is 4.68 Å². The Morgan fingerprint density at radius 3 is 2.75 bits per heavy atom. The molecule has 0 unspecified atom stereocenters. The molecular weight excluding hydrogens is 250 g/mol. The Hall–Kier alpha value is -1.91. The molecule has 20 heavy (non-hydrogen) atoms. The first-order valence-electron chi connectivity index (χ1n) is 7.36. The van der Waals surface area contributed by atoms with Gasteiger partial charge in [0.15, 0.2) is 0 Å². The fourth-order valence-electron chi connectivity index (χ4n) is 2.97. The van der Waals surface area contributed by atoms with Gasteiger partial charge in [-0.05, 0) is 40.8 Å². The van der Waals surface area contributed by atoms with Crippen LogP contribution in [0, 0.1) is 11.8 Å². The molecule has 0 spiro atoms. The molecule has 0 saturated heterocycles. The van der Waals surface area contributed by atoms with E-state index in [9.17, 15) is 0 Å². The number of para-hydroxylation sites is 1. The number of tetrazole rings is 1. The van der Waals surface area contributed by atoms with Crippen LogP contribution in [0.15, 0.2) is 30.3 Å². The first kappa shape index (κ1) is 13.1. The van der Waals surface area contributed by atoms with Crippen molar-refractivity contribution in [3.8, 4) is 5.69 Å². The Balaban J connectivity index is 1.80. The molecule has 1 N–H and O–H groups in total. The molecule has 1 aliphatic rings. The van der Waals surface area contributed by atoms with Crippen LogP contribution in [-0.2, 0) is 0 Å². The van der Waals surface area contributed by atoms with Crippen LogP contribution >= 0.6 is 0 Å². The van der Waals surface area contributed by atoms with Gasteiger partial charge in [0.2, 0.25) is 5.95 Å². The molecule has 5 nitrogen and oxygen atoms in total. The van der Waals surface area contributed by atoms with E-state index in [1.165, 1.54) is 19.3 Å². The van der Waals surface area contributed by atoms with Gasteiger partial charge in [-0.1, -0.05) is 50.0 Å². The van der Waals surface area contributed by atoms with Crippen LogP contribution in [0.25, 0.3) is 5.69 Å². The second kappa shape index (κ2) is 5.61. The molecule has 1 aliphatic carbocycles. The van der Waals surface area contributed by atoms with Crippen molar-refractivity contribution >= 4 is 5.95 Å². The number of nitrogens with zero attached hydrogens (tertiary/aromatic N) is 4. The molecule has 0 amide bonds. The Morgan fingerprint density at radius 2 is 1.95 bits per heavy atom. The highest BCUT2D eigenvalue weighted by molar-refractivity contribution is 5.39. The summed E-state index contributed by atoms with van der Waals surface area (Å²) >= 11 is 0. The van der Waals surface area contributed by atoms with E-state index in [1.807, 2.05) is 30.3 Å². The summed E-state index contributed by atoms with van der Waals surface area (Å²) in [6.45, 7) is 4.65. The zero-order valence-electron chi connectivity index (χ0n) is 12.0. The van der Waals surface area contributed by atoms with Gasteiger partial charge < -0.3 is 5.32 Å². The number of hydrogen-bond donors (Lipinski definition) is 1. The zero-order chi connectivity index (χ0) is 13.9. The Labute approximate surface area is 119 Å². The van der Waals surface area contributed by atoms with Gasteiger partial charge in [0.25, 0.3) is 0 Å². The van der Waals surface area contributed by atoms with Gasteiger partial charge in [0.1, 0.15) is 0 Å². The summed E-state index contributed by atoms with van der Waals surface area (Å²) in [7, 11) is 0. The molecule has 2 aromatic rings. The van der Waals surface area contributed by atoms with Crippen molar-refractivity contribution in [2.45, 2.75) is 39.2 Å². The van der Waals surface area contributed by atoms with Crippen molar-refractivity contribution in [1.82, 2.24) is 20.2 Å². The monoisotopic (exact) mass is 271 g/mol. The van der Waals surface area contributed by atoms with Crippen LogP contribution < -0.4 is 5.32 Å². The largest absolute Gasteiger partial charge is 0.350 e. The minimum absolute atomic E-state index is 0.451. The highest BCUT2D eigenvalue weighted by atomic mass is 15.6. The zero-order valence-corrected chi connectivity index (χ0v) is 12.0. The van der Waals surface area contributed by atoms with Crippen molar-refractivity contribution < 1.29 is 0 Å². The van der Waals surface area contributed by atoms with Crippen LogP contribution in [0.3, 0.4) is 0 Å². The Morgan fingerprint density at radius 1 is 1.15 bits per heavy atom. The standard InChI is InChI=1S/C15H21N5/c1-11-7-6-10-14(12(11)2)16-15-17-18-19-20(15)13-8-4-3-5-9-13/h3-5,8-9,11-12,14H,6-7,10H2,1-2H3,(H,16,17,19)/t11-,12+,14+/m0/s1. The quantitative estimate of drug-likeness (QED) is 0.932. The number of rotatable bonds is 3. The molecule has 1 saturated carbocycles. The third kappa shape index (κ3) is 2.53. The van der Waals surface area contributed by atoms with E-state index in [2.05, 4.69) is 34.7 Å². The van der Waals surface area contributed by atoms with Crippen molar-refractivity contribution in [1.29, 1.82) is 0 Å². The van der Waals surface area contributed by atoms with E-state index in [1.54, 1.807) is 4.68 Å². The minimum atomic E-state index is 0.451. The average molecular weight is 271 g/mol. The maximum Gasteiger partial charge on any atom is 0.247 e. The number of benzene rings is 1. The van der Waals surface area contributed by atoms with E-state index >= 15 is 0 Å². The predicted octanol–water partition coefficient (Wildman–Crippen LogP) is 2.90. The topological polar surface area (TPSA) is 55.6 Å². The summed E-state index contributed by atoms with van der Waals surface area (Å²) in [5.41, 5.74) is 0.983. The molecule has 106 valence electrons. The predicted molar refractivity (Wildman–Crippen MR) is 78.7 cm³/mol. The first-order chi connectivity index (χ1) is 9.75. The molecule has 3 rings (SSSR count). The van der Waals surface area contributed by atoms with Crippen LogP contribution in [0.4, 0.5) is 5.95 Å². The second-order valence-electron chi connectivity index (χ2n) is 5.77. The van der Waals surface area contributed by atoms with Crippen LogP contribution in [-0.4, -0.2) is 26.2 Å². The van der Waals surface area contributed by atoms with Gasteiger partial charge in [-0.3, -0.25) is 0 Å². The van der Waals surface area contributed by atoms with Crippen molar-refractivity contribution in [3.05, 3.63) is 30.3 Å². The molecule has 0 aliphatic heterocycles. The lowest BCUT2D eigenvalue weighted by Crippen LogP contribution is -2.35. The van der Waals surface area contributed by atoms with E-state index in [-0.39, 0.29) is 0 Å². The smallest absolute Gasteiger partial charge is 0.247 e. The summed E-state index contributed by atoms with van der Waals surface area (Å²) in [6, 6.07) is 10.4. The van der Waals surface area contributed by atoms with Crippen molar-refractivity contribution in [3.63, 3.8) is 0 Å². The number of hydrogen-bond acceptors (Lipinski definition) is 4. The van der Waals surface area contributed by atoms with Gasteiger partial charge >= 0.3 is 0 Å². The highest BCUT2D eigenvalue weighted by Gasteiger charge is 2.28. The molecule has 5 heteroatoms.